The number of fused-ring (bicyclic) bond motifs is 13. The average molecular weight is 789 g/mol. The van der Waals surface area contributed by atoms with Gasteiger partial charge in [0.05, 0.1) is 50.4 Å². The van der Waals surface area contributed by atoms with Gasteiger partial charge in [0, 0.05) is 28.1 Å². The van der Waals surface area contributed by atoms with Gasteiger partial charge in [-0.15, -0.1) is 0 Å². The number of benzene rings is 5. The number of carbonyl (C=O) groups is 3. The Morgan fingerprint density at radius 3 is 2.41 bits per heavy atom. The van der Waals surface area contributed by atoms with Crippen LogP contribution >= 0.6 is 11.6 Å². The quantitative estimate of drug-likeness (QED) is 0.177. The zero-order chi connectivity index (χ0) is 39.6. The van der Waals surface area contributed by atoms with Crippen LogP contribution in [0.1, 0.15) is 40.2 Å². The second-order valence-electron chi connectivity index (χ2n) is 15.1. The van der Waals surface area contributed by atoms with Gasteiger partial charge >= 0.3 is 0 Å². The largest absolute Gasteiger partial charge is 0.494 e. The summed E-state index contributed by atoms with van der Waals surface area (Å²) in [5.74, 6) is -2.46. The van der Waals surface area contributed by atoms with Crippen LogP contribution in [0.15, 0.2) is 125 Å². The molecule has 0 radical (unpaired) electrons. The molecule has 0 bridgehead atoms. The molecule has 5 aromatic carbocycles. The normalized spacial score (nSPS) is 22.6. The number of para-hydroxylation sites is 4. The minimum atomic E-state index is -1.09. The molecule has 1 spiro atoms. The molecule has 3 fully saturated rings. The standard InChI is InChI=1S/C29H20ClFN4O3.C16H10N2O2/c30-18-14-15(11-12-19(18)31)34-26(37)23-22-10-5-13-33(22)29(24(23)27(34)38)17-7-2-4-9-21(17)35-25(36)16-6-1-3-8-20(16)32-28(29)35;19-15-10-6-2-4-8-12(10)17-14(15)13-9-5-1-3-7-11(9)18-16(13)20/h1-4,6-9,11-12,14,22-24H,5,10,13H2;1-8,18,20H/t22?,23-,24+,29?;/m0./s1. The van der Waals surface area contributed by atoms with E-state index in [1.807, 2.05) is 72.8 Å². The number of aromatic nitrogens is 3. The summed E-state index contributed by atoms with van der Waals surface area (Å²) in [6, 6.07) is 33.1. The number of rotatable bonds is 2. The number of H-pyrrole nitrogens is 1. The lowest BCUT2D eigenvalue weighted by Crippen LogP contribution is -2.51. The maximum atomic E-state index is 14.4. The van der Waals surface area contributed by atoms with Crippen LogP contribution in [0.4, 0.5) is 15.8 Å². The SMILES string of the molecule is O=C1C(c2c(O)[nH]c3ccccc23)=Nc2ccccc21.O=C1[C@H]2C3CCCN3C3(c4ccccc4-n4c3nc3ccccc3c4=O)[C@H]2C(=O)N1c1ccc(F)c(Cl)c1. The number of aromatic amines is 1. The molecule has 11 nitrogen and oxygen atoms in total. The van der Waals surface area contributed by atoms with Gasteiger partial charge in [0.2, 0.25) is 17.6 Å². The number of Topliss-reactive ketones (excluding diaryl/α,β-unsaturated/α-hetero) is 1. The van der Waals surface area contributed by atoms with Crippen molar-refractivity contribution in [1.82, 2.24) is 19.4 Å². The van der Waals surface area contributed by atoms with Gasteiger partial charge in [-0.3, -0.25) is 28.6 Å². The van der Waals surface area contributed by atoms with E-state index in [1.165, 1.54) is 12.1 Å². The Balaban J connectivity index is 0.000000162. The van der Waals surface area contributed by atoms with Crippen LogP contribution in [0.2, 0.25) is 5.02 Å². The third kappa shape index (κ3) is 4.46. The minimum absolute atomic E-state index is 0.0221. The maximum absolute atomic E-state index is 14.4. The number of nitrogens with zero attached hydrogens (tertiary/aromatic N) is 5. The number of hydrogen-bond acceptors (Lipinski definition) is 8. The van der Waals surface area contributed by atoms with Crippen molar-refractivity contribution in [1.29, 1.82) is 0 Å². The highest BCUT2D eigenvalue weighted by molar-refractivity contribution is 6.56. The fourth-order valence-electron chi connectivity index (χ4n) is 10.1. The number of anilines is 1. The van der Waals surface area contributed by atoms with E-state index in [0.717, 1.165) is 40.3 Å². The molecule has 13 heteroatoms. The van der Waals surface area contributed by atoms with E-state index in [4.69, 9.17) is 16.6 Å². The summed E-state index contributed by atoms with van der Waals surface area (Å²) >= 11 is 6.04. The highest BCUT2D eigenvalue weighted by atomic mass is 35.5. The van der Waals surface area contributed by atoms with Crippen molar-refractivity contribution >= 4 is 68.1 Å². The summed E-state index contributed by atoms with van der Waals surface area (Å²) < 4.78 is 15.6. The van der Waals surface area contributed by atoms with Crippen molar-refractivity contribution in [2.45, 2.75) is 24.4 Å². The monoisotopic (exact) mass is 788 g/mol. The third-order valence-electron chi connectivity index (χ3n) is 12.3. The highest BCUT2D eigenvalue weighted by Crippen LogP contribution is 2.62. The molecule has 284 valence electrons. The molecule has 12 rings (SSSR count). The topological polar surface area (TPSA) is 141 Å². The Bertz CT molecular complexity index is 3090. The van der Waals surface area contributed by atoms with Gasteiger partial charge in [-0.1, -0.05) is 72.3 Å². The summed E-state index contributed by atoms with van der Waals surface area (Å²) in [6.07, 6.45) is 1.61. The van der Waals surface area contributed by atoms with Crippen LogP contribution in [0.25, 0.3) is 27.5 Å². The third-order valence-corrected chi connectivity index (χ3v) is 12.6. The lowest BCUT2D eigenvalue weighted by atomic mass is 9.75. The van der Waals surface area contributed by atoms with Crippen molar-refractivity contribution < 1.29 is 23.9 Å². The molecule has 0 saturated carbocycles. The average Bonchev–Trinajstić information content (AvgIpc) is 4.06. The van der Waals surface area contributed by atoms with Crippen molar-refractivity contribution in [3.8, 4) is 11.6 Å². The van der Waals surface area contributed by atoms with E-state index in [2.05, 4.69) is 14.9 Å². The van der Waals surface area contributed by atoms with Crippen molar-refractivity contribution in [3.63, 3.8) is 0 Å². The molecule has 58 heavy (non-hydrogen) atoms. The zero-order valence-electron chi connectivity index (χ0n) is 30.4. The zero-order valence-corrected chi connectivity index (χ0v) is 31.2. The van der Waals surface area contributed by atoms with Crippen molar-refractivity contribution in [3.05, 3.63) is 159 Å². The molecule has 2 unspecified atom stereocenters. The van der Waals surface area contributed by atoms with Crippen LogP contribution in [-0.2, 0) is 15.1 Å². The van der Waals surface area contributed by atoms with E-state index in [9.17, 15) is 28.7 Å². The fourth-order valence-corrected chi connectivity index (χ4v) is 10.3. The first kappa shape index (κ1) is 34.5. The van der Waals surface area contributed by atoms with Gasteiger partial charge < -0.3 is 10.1 Å². The number of carbonyl (C=O) groups excluding carboxylic acids is 3. The Morgan fingerprint density at radius 1 is 0.845 bits per heavy atom. The molecule has 3 saturated heterocycles. The lowest BCUT2D eigenvalue weighted by Gasteiger charge is -2.38. The second kappa shape index (κ2) is 12.4. The Labute approximate surface area is 333 Å². The van der Waals surface area contributed by atoms with E-state index >= 15 is 0 Å². The first-order valence-corrected chi connectivity index (χ1v) is 19.3. The molecule has 5 aliphatic heterocycles. The molecule has 5 aliphatic rings. The van der Waals surface area contributed by atoms with Gasteiger partial charge in [-0.2, -0.15) is 0 Å². The van der Waals surface area contributed by atoms with E-state index < -0.39 is 23.2 Å². The molecule has 4 atom stereocenters. The number of hydrogen-bond donors (Lipinski definition) is 2. The Kier molecular flexibility index (Phi) is 7.35. The number of halogens is 2. The summed E-state index contributed by atoms with van der Waals surface area (Å²) in [6.45, 7) is 0.678. The molecular formula is C45H30ClFN6O5. The van der Waals surface area contributed by atoms with Crippen molar-refractivity contribution in [2.75, 3.05) is 11.4 Å². The van der Waals surface area contributed by atoms with Crippen LogP contribution in [-0.4, -0.2) is 60.4 Å². The molecule has 7 heterocycles. The van der Waals surface area contributed by atoms with E-state index in [1.54, 1.807) is 28.8 Å². The Hall–Kier alpha value is -6.76. The maximum Gasteiger partial charge on any atom is 0.266 e. The summed E-state index contributed by atoms with van der Waals surface area (Å²) in [5.41, 5.74) is 3.77. The number of ketones is 1. The number of nitrogens with one attached hydrogen (secondary N) is 1. The molecule has 2 amide bonds. The van der Waals surface area contributed by atoms with Crippen molar-refractivity contribution in [2.24, 2.45) is 16.8 Å². The van der Waals surface area contributed by atoms with Gasteiger partial charge in [0.25, 0.3) is 5.56 Å². The second-order valence-corrected chi connectivity index (χ2v) is 15.5. The number of aromatic hydroxyl groups is 1. The van der Waals surface area contributed by atoms with Crippen LogP contribution in [0.5, 0.6) is 5.88 Å². The predicted molar refractivity (Wildman–Crippen MR) is 216 cm³/mol. The highest BCUT2D eigenvalue weighted by Gasteiger charge is 2.73. The predicted octanol–water partition coefficient (Wildman–Crippen LogP) is 7.21. The number of imide groups is 1. The number of amides is 2. The Morgan fingerprint density at radius 2 is 1.59 bits per heavy atom. The lowest BCUT2D eigenvalue weighted by molar-refractivity contribution is -0.124. The molecular weight excluding hydrogens is 759 g/mol. The van der Waals surface area contributed by atoms with Crippen LogP contribution in [0.3, 0.4) is 0 Å². The molecule has 2 N–H and O–H groups in total. The minimum Gasteiger partial charge on any atom is -0.494 e. The number of aliphatic imine (C=N–C) groups is 1. The van der Waals surface area contributed by atoms with E-state index in [0.29, 0.717) is 51.5 Å². The van der Waals surface area contributed by atoms with Crippen LogP contribution in [0, 0.1) is 17.7 Å². The summed E-state index contributed by atoms with van der Waals surface area (Å²) in [5, 5.41) is 11.2. The summed E-state index contributed by atoms with van der Waals surface area (Å²) in [4.78, 5) is 70.4. The molecule has 7 aromatic rings. The molecule has 2 aromatic heterocycles. The first-order valence-electron chi connectivity index (χ1n) is 18.9. The van der Waals surface area contributed by atoms with Gasteiger partial charge in [0.1, 0.15) is 22.9 Å². The van der Waals surface area contributed by atoms with Gasteiger partial charge in [0.15, 0.2) is 5.88 Å². The van der Waals surface area contributed by atoms with Gasteiger partial charge in [-0.05, 0) is 74.0 Å². The first-order chi connectivity index (χ1) is 28.2. The smallest absolute Gasteiger partial charge is 0.266 e. The van der Waals surface area contributed by atoms with Crippen LogP contribution < -0.4 is 10.5 Å². The van der Waals surface area contributed by atoms with E-state index in [-0.39, 0.29) is 45.8 Å². The fraction of sp³-hybridized carbons (Fsp3) is 0.156. The summed E-state index contributed by atoms with van der Waals surface area (Å²) in [7, 11) is 0. The molecule has 0 aliphatic carbocycles. The van der Waals surface area contributed by atoms with Gasteiger partial charge in [-0.25, -0.2) is 19.3 Å².